The summed E-state index contributed by atoms with van der Waals surface area (Å²) in [5.74, 6) is -0.703. The highest BCUT2D eigenvalue weighted by molar-refractivity contribution is 6.33. The van der Waals surface area contributed by atoms with Crippen LogP contribution >= 0.6 is 11.6 Å². The Morgan fingerprint density at radius 1 is 1.36 bits per heavy atom. The minimum Gasteiger partial charge on any atom is -0.402 e. The number of carbonyl (C=O) groups is 2. The number of nitrogens with zero attached hydrogens (tertiary/aromatic N) is 2. The third-order valence-corrected chi connectivity index (χ3v) is 3.16. The third-order valence-electron chi connectivity index (χ3n) is 2.84. The highest BCUT2D eigenvalue weighted by Crippen LogP contribution is 2.19. The minimum atomic E-state index is -0.668. The lowest BCUT2D eigenvalue weighted by molar-refractivity contribution is -0.108. The molecule has 0 aliphatic carbocycles. The highest BCUT2D eigenvalue weighted by Gasteiger charge is 2.14. The Bertz CT molecular complexity index is 770. The second-order valence-corrected chi connectivity index (χ2v) is 4.97. The number of halogens is 1. The summed E-state index contributed by atoms with van der Waals surface area (Å²) in [5, 5.41) is 4.16. The molecule has 1 heterocycles. The van der Waals surface area contributed by atoms with E-state index in [-0.39, 0.29) is 35.0 Å². The molecule has 0 spiro atoms. The third kappa shape index (κ3) is 3.79. The van der Waals surface area contributed by atoms with E-state index in [1.807, 2.05) is 6.92 Å². The summed E-state index contributed by atoms with van der Waals surface area (Å²) in [6, 6.07) is 7.46. The van der Waals surface area contributed by atoms with E-state index in [0.29, 0.717) is 6.29 Å². The van der Waals surface area contributed by atoms with Crippen LogP contribution in [-0.4, -0.2) is 22.0 Å². The van der Waals surface area contributed by atoms with E-state index < -0.39 is 5.97 Å². The molecular formula is C15H13ClN2O4. The number of aromatic nitrogens is 2. The van der Waals surface area contributed by atoms with Gasteiger partial charge in [-0.05, 0) is 24.6 Å². The van der Waals surface area contributed by atoms with Gasteiger partial charge in [0.1, 0.15) is 6.29 Å². The van der Waals surface area contributed by atoms with Crippen LogP contribution in [0.5, 0.6) is 5.88 Å². The maximum atomic E-state index is 12.1. The smallest absolute Gasteiger partial charge is 0.346 e. The maximum Gasteiger partial charge on any atom is 0.346 e. The lowest BCUT2D eigenvalue weighted by Gasteiger charge is -2.07. The van der Waals surface area contributed by atoms with E-state index in [9.17, 15) is 14.4 Å². The van der Waals surface area contributed by atoms with Crippen molar-refractivity contribution in [1.82, 2.24) is 9.78 Å². The molecule has 0 aliphatic rings. The Morgan fingerprint density at radius 3 is 2.82 bits per heavy atom. The Labute approximate surface area is 131 Å². The zero-order valence-corrected chi connectivity index (χ0v) is 12.5. The second kappa shape index (κ2) is 7.00. The first-order valence-corrected chi connectivity index (χ1v) is 6.89. The van der Waals surface area contributed by atoms with E-state index in [0.717, 1.165) is 10.2 Å². The first kappa shape index (κ1) is 15.9. The standard InChI is InChI=1S/C15H13ClN2O4/c1-10-3-4-11(12(16)9-10)15(21)22-13-5-6-14(20)18(17-13)7-2-8-19/h3-6,8-9H,2,7H2,1H3. The van der Waals surface area contributed by atoms with E-state index >= 15 is 0 Å². The summed E-state index contributed by atoms with van der Waals surface area (Å²) in [7, 11) is 0. The molecule has 1 aromatic heterocycles. The van der Waals surface area contributed by atoms with Crippen molar-refractivity contribution in [2.45, 2.75) is 19.9 Å². The van der Waals surface area contributed by atoms with Crippen molar-refractivity contribution in [3.05, 3.63) is 56.8 Å². The molecule has 0 saturated heterocycles. The summed E-state index contributed by atoms with van der Waals surface area (Å²) in [5.41, 5.74) is 0.747. The van der Waals surface area contributed by atoms with Gasteiger partial charge in [0.2, 0.25) is 5.88 Å². The molecule has 2 aromatic rings. The predicted octanol–water partition coefficient (Wildman–Crippen LogP) is 2.01. The largest absolute Gasteiger partial charge is 0.402 e. The number of hydrogen-bond donors (Lipinski definition) is 0. The summed E-state index contributed by atoms with van der Waals surface area (Å²) in [4.78, 5) is 34.0. The molecule has 0 aliphatic heterocycles. The van der Waals surface area contributed by atoms with Gasteiger partial charge in [0.15, 0.2) is 0 Å². The first-order chi connectivity index (χ1) is 10.5. The SMILES string of the molecule is Cc1ccc(C(=O)Oc2ccc(=O)n(CCC=O)n2)c(Cl)c1. The van der Waals surface area contributed by atoms with Crippen LogP contribution in [0.2, 0.25) is 5.02 Å². The average Bonchev–Trinajstić information content (AvgIpc) is 2.47. The van der Waals surface area contributed by atoms with Crippen molar-refractivity contribution in [3.63, 3.8) is 0 Å². The average molecular weight is 321 g/mol. The Balaban J connectivity index is 2.21. The van der Waals surface area contributed by atoms with Crippen LogP contribution in [0.1, 0.15) is 22.3 Å². The molecule has 6 nitrogen and oxygen atoms in total. The van der Waals surface area contributed by atoms with Gasteiger partial charge in [-0.25, -0.2) is 9.48 Å². The highest BCUT2D eigenvalue weighted by atomic mass is 35.5. The number of aldehydes is 1. The fourth-order valence-electron chi connectivity index (χ4n) is 1.76. The summed E-state index contributed by atoms with van der Waals surface area (Å²) < 4.78 is 6.18. The number of ether oxygens (including phenoxy) is 1. The molecular weight excluding hydrogens is 308 g/mol. The number of aryl methyl sites for hydroxylation is 2. The van der Waals surface area contributed by atoms with Crippen molar-refractivity contribution >= 4 is 23.9 Å². The van der Waals surface area contributed by atoms with Gasteiger partial charge in [0.05, 0.1) is 17.1 Å². The number of rotatable bonds is 5. The van der Waals surface area contributed by atoms with Gasteiger partial charge >= 0.3 is 5.97 Å². The van der Waals surface area contributed by atoms with Crippen molar-refractivity contribution in [1.29, 1.82) is 0 Å². The van der Waals surface area contributed by atoms with Gasteiger partial charge in [-0.1, -0.05) is 17.7 Å². The Kier molecular flexibility index (Phi) is 5.06. The predicted molar refractivity (Wildman–Crippen MR) is 80.3 cm³/mol. The van der Waals surface area contributed by atoms with Gasteiger partial charge < -0.3 is 9.53 Å². The number of benzene rings is 1. The minimum absolute atomic E-state index is 0.0351. The number of hydrogen-bond acceptors (Lipinski definition) is 5. The van der Waals surface area contributed by atoms with Crippen LogP contribution in [0.3, 0.4) is 0 Å². The van der Waals surface area contributed by atoms with E-state index in [1.54, 1.807) is 18.2 Å². The van der Waals surface area contributed by atoms with Crippen LogP contribution in [0.25, 0.3) is 0 Å². The zero-order valence-electron chi connectivity index (χ0n) is 11.8. The molecule has 0 bridgehead atoms. The van der Waals surface area contributed by atoms with Crippen molar-refractivity contribution in [2.24, 2.45) is 0 Å². The molecule has 0 unspecified atom stereocenters. The van der Waals surface area contributed by atoms with Gasteiger partial charge in [0.25, 0.3) is 5.56 Å². The van der Waals surface area contributed by atoms with E-state index in [1.165, 1.54) is 12.1 Å². The lowest BCUT2D eigenvalue weighted by atomic mass is 10.1. The first-order valence-electron chi connectivity index (χ1n) is 6.51. The molecule has 0 amide bonds. The zero-order chi connectivity index (χ0) is 16.1. The second-order valence-electron chi connectivity index (χ2n) is 4.56. The maximum absolute atomic E-state index is 12.1. The molecule has 0 atom stereocenters. The van der Waals surface area contributed by atoms with Crippen molar-refractivity contribution in [3.8, 4) is 5.88 Å². The van der Waals surface area contributed by atoms with Crippen molar-refractivity contribution < 1.29 is 14.3 Å². The van der Waals surface area contributed by atoms with Gasteiger partial charge in [-0.15, -0.1) is 5.10 Å². The van der Waals surface area contributed by atoms with Gasteiger partial charge in [-0.3, -0.25) is 4.79 Å². The van der Waals surface area contributed by atoms with Crippen LogP contribution in [0, 0.1) is 6.92 Å². The summed E-state index contributed by atoms with van der Waals surface area (Å²) in [6.07, 6.45) is 0.826. The Morgan fingerprint density at radius 2 is 2.14 bits per heavy atom. The number of carbonyl (C=O) groups excluding carboxylic acids is 2. The molecule has 7 heteroatoms. The molecule has 0 fully saturated rings. The lowest BCUT2D eigenvalue weighted by Crippen LogP contribution is -2.23. The van der Waals surface area contributed by atoms with Crippen LogP contribution < -0.4 is 10.3 Å². The molecule has 0 N–H and O–H groups in total. The molecule has 2 rings (SSSR count). The van der Waals surface area contributed by atoms with Crippen LogP contribution in [-0.2, 0) is 11.3 Å². The molecule has 1 aromatic carbocycles. The topological polar surface area (TPSA) is 78.3 Å². The molecule has 0 radical (unpaired) electrons. The normalized spacial score (nSPS) is 10.3. The van der Waals surface area contributed by atoms with E-state index in [4.69, 9.17) is 16.3 Å². The van der Waals surface area contributed by atoms with Gasteiger partial charge in [-0.2, -0.15) is 0 Å². The van der Waals surface area contributed by atoms with E-state index in [2.05, 4.69) is 5.10 Å². The van der Waals surface area contributed by atoms with Gasteiger partial charge in [0, 0.05) is 18.6 Å². The summed E-state index contributed by atoms with van der Waals surface area (Å²) >= 11 is 6.00. The molecule has 114 valence electrons. The molecule has 22 heavy (non-hydrogen) atoms. The van der Waals surface area contributed by atoms with Crippen LogP contribution in [0.15, 0.2) is 35.1 Å². The molecule has 0 saturated carbocycles. The Hall–Kier alpha value is -2.47. The van der Waals surface area contributed by atoms with Crippen LogP contribution in [0.4, 0.5) is 0 Å². The number of esters is 1. The summed E-state index contributed by atoms with van der Waals surface area (Å²) in [6.45, 7) is 1.98. The fraction of sp³-hybridized carbons (Fsp3) is 0.200. The van der Waals surface area contributed by atoms with Crippen molar-refractivity contribution in [2.75, 3.05) is 0 Å². The monoisotopic (exact) mass is 320 g/mol. The quantitative estimate of drug-likeness (QED) is 0.622. The fourth-order valence-corrected chi connectivity index (χ4v) is 2.07.